The van der Waals surface area contributed by atoms with Crippen LogP contribution < -0.4 is 0 Å². The molecule has 2 rings (SSSR count). The Morgan fingerprint density at radius 1 is 0.789 bits per heavy atom. The molecule has 0 aliphatic heterocycles. The number of carbonyl (C=O) groups is 2. The number of benzene rings is 2. The molecule has 0 amide bonds. The maximum atomic E-state index is 12.0. The Hall–Kier alpha value is -2.22. The van der Waals surface area contributed by atoms with E-state index in [1.807, 2.05) is 18.2 Å². The quantitative estimate of drug-likeness (QED) is 0.600. The van der Waals surface area contributed by atoms with Gasteiger partial charge in [-0.05, 0) is 12.0 Å². The van der Waals surface area contributed by atoms with Gasteiger partial charge in [-0.2, -0.15) is 0 Å². The maximum Gasteiger partial charge on any atom is 0.170 e. The lowest BCUT2D eigenvalue weighted by Crippen LogP contribution is -2.08. The number of hydrogen-bond acceptors (Lipinski definition) is 2. The predicted octanol–water partition coefficient (Wildman–Crippen LogP) is 3.70. The zero-order chi connectivity index (χ0) is 13.7. The molecule has 0 N–H and O–H groups in total. The molecule has 0 atom stereocenters. The van der Waals surface area contributed by atoms with E-state index in [-0.39, 0.29) is 18.0 Å². The summed E-state index contributed by atoms with van der Waals surface area (Å²) < 4.78 is 0. The summed E-state index contributed by atoms with van der Waals surface area (Å²) in [6, 6.07) is 16.4. The van der Waals surface area contributed by atoms with Crippen LogP contribution in [0.3, 0.4) is 0 Å². The highest BCUT2D eigenvalue weighted by Gasteiger charge is 2.13. The van der Waals surface area contributed by atoms with E-state index in [9.17, 15) is 9.59 Å². The minimum Gasteiger partial charge on any atom is -0.294 e. The highest BCUT2D eigenvalue weighted by molar-refractivity contribution is 6.13. The molecule has 0 unspecified atom stereocenters. The van der Waals surface area contributed by atoms with E-state index in [1.165, 1.54) is 5.56 Å². The molecule has 96 valence electrons. The second-order valence-corrected chi connectivity index (χ2v) is 4.44. The van der Waals surface area contributed by atoms with Crippen LogP contribution in [0.5, 0.6) is 0 Å². The SMILES string of the molecule is CCc1ccc(C(=O)CC(=O)c2ccccc2)cc1. The first kappa shape index (κ1) is 13.2. The standard InChI is InChI=1S/C17H16O2/c1-2-13-8-10-15(11-9-13)17(19)12-16(18)14-6-4-3-5-7-14/h3-11H,2,12H2,1H3. The lowest BCUT2D eigenvalue weighted by molar-refractivity contribution is 0.0894. The summed E-state index contributed by atoms with van der Waals surface area (Å²) in [6.45, 7) is 2.07. The van der Waals surface area contributed by atoms with Gasteiger partial charge in [0.1, 0.15) is 0 Å². The van der Waals surface area contributed by atoms with Gasteiger partial charge in [-0.3, -0.25) is 9.59 Å². The van der Waals surface area contributed by atoms with E-state index in [0.29, 0.717) is 11.1 Å². The van der Waals surface area contributed by atoms with Crippen molar-refractivity contribution in [2.75, 3.05) is 0 Å². The second kappa shape index (κ2) is 6.10. The van der Waals surface area contributed by atoms with Gasteiger partial charge in [0.2, 0.25) is 0 Å². The van der Waals surface area contributed by atoms with Crippen LogP contribution in [-0.2, 0) is 6.42 Å². The molecular weight excluding hydrogens is 236 g/mol. The van der Waals surface area contributed by atoms with Crippen molar-refractivity contribution in [3.8, 4) is 0 Å². The summed E-state index contributed by atoms with van der Waals surface area (Å²) >= 11 is 0. The number of rotatable bonds is 5. The summed E-state index contributed by atoms with van der Waals surface area (Å²) in [5.74, 6) is -0.262. The van der Waals surface area contributed by atoms with Gasteiger partial charge in [0, 0.05) is 11.1 Å². The average Bonchev–Trinajstić information content (AvgIpc) is 2.48. The second-order valence-electron chi connectivity index (χ2n) is 4.44. The third-order valence-corrected chi connectivity index (χ3v) is 3.10. The fourth-order valence-electron chi connectivity index (χ4n) is 1.90. The largest absolute Gasteiger partial charge is 0.294 e. The van der Waals surface area contributed by atoms with Gasteiger partial charge in [-0.15, -0.1) is 0 Å². The molecule has 0 spiro atoms. The highest BCUT2D eigenvalue weighted by atomic mass is 16.1. The monoisotopic (exact) mass is 252 g/mol. The number of Topliss-reactive ketones (excluding diaryl/α,β-unsaturated/α-hetero) is 2. The van der Waals surface area contributed by atoms with E-state index in [0.717, 1.165) is 6.42 Å². The molecule has 0 fully saturated rings. The first-order valence-corrected chi connectivity index (χ1v) is 6.41. The van der Waals surface area contributed by atoms with Crippen LogP contribution in [0.25, 0.3) is 0 Å². The van der Waals surface area contributed by atoms with Crippen molar-refractivity contribution in [2.24, 2.45) is 0 Å². The Kier molecular flexibility index (Phi) is 4.24. The number of aryl methyl sites for hydroxylation is 1. The van der Waals surface area contributed by atoms with Crippen LogP contribution in [0.2, 0.25) is 0 Å². The Morgan fingerprint density at radius 2 is 1.32 bits per heavy atom. The predicted molar refractivity (Wildman–Crippen MR) is 75.5 cm³/mol. The van der Waals surface area contributed by atoms with Crippen molar-refractivity contribution in [3.63, 3.8) is 0 Å². The Labute approximate surface area is 113 Å². The van der Waals surface area contributed by atoms with Crippen LogP contribution in [-0.4, -0.2) is 11.6 Å². The van der Waals surface area contributed by atoms with Crippen LogP contribution in [0.4, 0.5) is 0 Å². The summed E-state index contributed by atoms with van der Waals surface area (Å²) in [4.78, 5) is 23.9. The number of ketones is 2. The normalized spacial score (nSPS) is 10.2. The third-order valence-electron chi connectivity index (χ3n) is 3.10. The minimum atomic E-state index is -0.134. The van der Waals surface area contributed by atoms with Crippen molar-refractivity contribution in [3.05, 3.63) is 71.3 Å². The molecule has 0 heterocycles. The maximum absolute atomic E-state index is 12.0. The molecule has 2 heteroatoms. The van der Waals surface area contributed by atoms with Crippen molar-refractivity contribution in [1.29, 1.82) is 0 Å². The fourth-order valence-corrected chi connectivity index (χ4v) is 1.90. The Bertz CT molecular complexity index is 568. The molecular formula is C17H16O2. The van der Waals surface area contributed by atoms with Gasteiger partial charge in [-0.25, -0.2) is 0 Å². The molecule has 0 saturated carbocycles. The number of hydrogen-bond donors (Lipinski definition) is 0. The van der Waals surface area contributed by atoms with Crippen molar-refractivity contribution < 1.29 is 9.59 Å². The van der Waals surface area contributed by atoms with Gasteiger partial charge in [0.25, 0.3) is 0 Å². The van der Waals surface area contributed by atoms with Crippen molar-refractivity contribution in [2.45, 2.75) is 19.8 Å². The molecule has 2 nitrogen and oxygen atoms in total. The third kappa shape index (κ3) is 3.38. The zero-order valence-corrected chi connectivity index (χ0v) is 10.9. The van der Waals surface area contributed by atoms with Gasteiger partial charge in [0.05, 0.1) is 6.42 Å². The molecule has 0 aromatic heterocycles. The summed E-state index contributed by atoms with van der Waals surface area (Å²) in [6.07, 6.45) is 0.868. The van der Waals surface area contributed by atoms with E-state index in [2.05, 4.69) is 6.92 Å². The molecule has 0 aliphatic carbocycles. The first-order valence-electron chi connectivity index (χ1n) is 6.41. The first-order chi connectivity index (χ1) is 9.20. The van der Waals surface area contributed by atoms with Crippen molar-refractivity contribution >= 4 is 11.6 Å². The molecule has 0 radical (unpaired) electrons. The summed E-state index contributed by atoms with van der Waals surface area (Å²) in [5.41, 5.74) is 2.37. The average molecular weight is 252 g/mol. The molecule has 0 saturated heterocycles. The Balaban J connectivity index is 2.06. The molecule has 0 aliphatic rings. The van der Waals surface area contributed by atoms with Gasteiger partial charge in [0.15, 0.2) is 11.6 Å². The van der Waals surface area contributed by atoms with E-state index in [1.54, 1.807) is 36.4 Å². The summed E-state index contributed by atoms with van der Waals surface area (Å²) in [7, 11) is 0. The van der Waals surface area contributed by atoms with E-state index in [4.69, 9.17) is 0 Å². The van der Waals surface area contributed by atoms with E-state index >= 15 is 0 Å². The lowest BCUT2D eigenvalue weighted by Gasteiger charge is -2.02. The van der Waals surface area contributed by atoms with Crippen LogP contribution in [0.1, 0.15) is 39.6 Å². The molecule has 2 aromatic rings. The zero-order valence-electron chi connectivity index (χ0n) is 10.9. The Morgan fingerprint density at radius 3 is 1.84 bits per heavy atom. The smallest absolute Gasteiger partial charge is 0.170 e. The fraction of sp³-hybridized carbons (Fsp3) is 0.176. The molecule has 19 heavy (non-hydrogen) atoms. The lowest BCUT2D eigenvalue weighted by atomic mass is 10.0. The molecule has 0 bridgehead atoms. The van der Waals surface area contributed by atoms with Gasteiger partial charge >= 0.3 is 0 Å². The minimum absolute atomic E-state index is 0.0739. The van der Waals surface area contributed by atoms with Gasteiger partial charge in [-0.1, -0.05) is 61.5 Å². The van der Waals surface area contributed by atoms with Crippen LogP contribution in [0, 0.1) is 0 Å². The van der Waals surface area contributed by atoms with Crippen LogP contribution >= 0.6 is 0 Å². The number of carbonyl (C=O) groups excluding carboxylic acids is 2. The van der Waals surface area contributed by atoms with Crippen molar-refractivity contribution in [1.82, 2.24) is 0 Å². The van der Waals surface area contributed by atoms with Crippen LogP contribution in [0.15, 0.2) is 54.6 Å². The highest BCUT2D eigenvalue weighted by Crippen LogP contribution is 2.10. The molecule has 2 aromatic carbocycles. The topological polar surface area (TPSA) is 34.1 Å². The summed E-state index contributed by atoms with van der Waals surface area (Å²) in [5, 5.41) is 0. The van der Waals surface area contributed by atoms with E-state index < -0.39 is 0 Å². The van der Waals surface area contributed by atoms with Gasteiger partial charge < -0.3 is 0 Å².